The number of hydrogen-bond donors (Lipinski definition) is 1. The maximum absolute atomic E-state index is 11.8. The van der Waals surface area contributed by atoms with Crippen LogP contribution in [0.15, 0.2) is 17.7 Å². The second kappa shape index (κ2) is 6.14. The topological polar surface area (TPSA) is 29.1 Å². The number of amides is 1. The van der Waals surface area contributed by atoms with Crippen molar-refractivity contribution in [2.75, 3.05) is 5.32 Å². The van der Waals surface area contributed by atoms with Crippen LogP contribution in [-0.4, -0.2) is 21.6 Å². The molecular weight excluding hydrogens is 232 g/mol. The fourth-order valence-corrected chi connectivity index (χ4v) is 1.89. The lowest BCUT2D eigenvalue weighted by molar-refractivity contribution is -0.111. The lowest BCUT2D eigenvalue weighted by Gasteiger charge is -2.19. The van der Waals surface area contributed by atoms with Crippen LogP contribution in [0.5, 0.6) is 0 Å². The van der Waals surface area contributed by atoms with Crippen molar-refractivity contribution in [3.8, 4) is 0 Å². The zero-order chi connectivity index (χ0) is 14.7. The normalized spacial score (nSPS) is 10.4. The van der Waals surface area contributed by atoms with Gasteiger partial charge in [0, 0.05) is 11.8 Å². The molecule has 4 heteroatoms. The summed E-state index contributed by atoms with van der Waals surface area (Å²) in [6.07, 6.45) is 1.54. The van der Waals surface area contributed by atoms with Gasteiger partial charge >= 0.3 is 0 Å². The van der Waals surface area contributed by atoms with E-state index in [0.29, 0.717) is 16.6 Å². The van der Waals surface area contributed by atoms with Gasteiger partial charge < -0.3 is 5.32 Å². The molecule has 0 aliphatic rings. The molecular formula is C15H19B2NO. The minimum Gasteiger partial charge on any atom is -0.323 e. The number of benzene rings is 1. The van der Waals surface area contributed by atoms with Crippen LogP contribution in [0.3, 0.4) is 0 Å². The highest BCUT2D eigenvalue weighted by atomic mass is 16.1. The van der Waals surface area contributed by atoms with Crippen LogP contribution in [0.2, 0.25) is 0 Å². The third-order valence-corrected chi connectivity index (χ3v) is 3.01. The van der Waals surface area contributed by atoms with Crippen molar-refractivity contribution in [2.24, 2.45) is 0 Å². The molecule has 1 aromatic carbocycles. The van der Waals surface area contributed by atoms with Gasteiger partial charge in [0.15, 0.2) is 0 Å². The molecule has 0 heterocycles. The molecule has 1 amide bonds. The van der Waals surface area contributed by atoms with Gasteiger partial charge in [0.1, 0.15) is 15.7 Å². The summed E-state index contributed by atoms with van der Waals surface area (Å²) in [5.74, 6) is 0.101. The summed E-state index contributed by atoms with van der Waals surface area (Å²) in [4.78, 5) is 11.8. The SMILES string of the molecule is [B]c1c(NC(=O)C=C(C)C)cc(C(C)C)c([B])c1C. The van der Waals surface area contributed by atoms with Crippen LogP contribution in [0.1, 0.15) is 44.7 Å². The summed E-state index contributed by atoms with van der Waals surface area (Å²) in [5.41, 5.74) is 4.60. The minimum absolute atomic E-state index is 0.175. The molecule has 0 saturated heterocycles. The van der Waals surface area contributed by atoms with E-state index in [1.54, 1.807) is 6.08 Å². The number of carbonyl (C=O) groups excluding carboxylic acids is 1. The Hall–Kier alpha value is -1.44. The number of rotatable bonds is 3. The van der Waals surface area contributed by atoms with Crippen molar-refractivity contribution >= 4 is 38.2 Å². The Balaban J connectivity index is 3.22. The first-order valence-corrected chi connectivity index (χ1v) is 6.38. The zero-order valence-electron chi connectivity index (χ0n) is 12.3. The molecule has 2 nitrogen and oxygen atoms in total. The summed E-state index contributed by atoms with van der Waals surface area (Å²) in [6, 6.07) is 1.86. The van der Waals surface area contributed by atoms with Crippen molar-refractivity contribution in [2.45, 2.75) is 40.5 Å². The van der Waals surface area contributed by atoms with Crippen molar-refractivity contribution in [1.29, 1.82) is 0 Å². The van der Waals surface area contributed by atoms with E-state index in [1.807, 2.05) is 26.8 Å². The molecule has 0 aliphatic heterocycles. The van der Waals surface area contributed by atoms with E-state index >= 15 is 0 Å². The van der Waals surface area contributed by atoms with Crippen LogP contribution < -0.4 is 16.2 Å². The highest BCUT2D eigenvalue weighted by Crippen LogP contribution is 2.17. The fourth-order valence-electron chi connectivity index (χ4n) is 1.89. The molecule has 1 rings (SSSR count). The first-order valence-electron chi connectivity index (χ1n) is 6.38. The average molecular weight is 251 g/mol. The van der Waals surface area contributed by atoms with Gasteiger partial charge in [-0.05, 0) is 32.8 Å². The van der Waals surface area contributed by atoms with Crippen LogP contribution in [0.25, 0.3) is 0 Å². The van der Waals surface area contributed by atoms with Crippen molar-refractivity contribution in [1.82, 2.24) is 0 Å². The lowest BCUT2D eigenvalue weighted by atomic mass is 9.75. The molecule has 0 spiro atoms. The molecule has 0 unspecified atom stereocenters. The summed E-state index contributed by atoms with van der Waals surface area (Å²) in [7, 11) is 12.1. The van der Waals surface area contributed by atoms with Gasteiger partial charge in [-0.1, -0.05) is 41.5 Å². The van der Waals surface area contributed by atoms with E-state index in [1.165, 1.54) is 0 Å². The van der Waals surface area contributed by atoms with Crippen molar-refractivity contribution in [3.63, 3.8) is 0 Å². The van der Waals surface area contributed by atoms with E-state index in [-0.39, 0.29) is 11.8 Å². The van der Waals surface area contributed by atoms with Gasteiger partial charge in [0.25, 0.3) is 0 Å². The quantitative estimate of drug-likeness (QED) is 0.641. The molecule has 0 aromatic heterocycles. The van der Waals surface area contributed by atoms with Gasteiger partial charge in [-0.25, -0.2) is 0 Å². The summed E-state index contributed by atoms with van der Waals surface area (Å²) in [5, 5.41) is 2.81. The van der Waals surface area contributed by atoms with E-state index in [2.05, 4.69) is 19.2 Å². The molecule has 96 valence electrons. The predicted octanol–water partition coefficient (Wildman–Crippen LogP) is 1.61. The molecule has 4 radical (unpaired) electrons. The van der Waals surface area contributed by atoms with Crippen LogP contribution in [0.4, 0.5) is 5.69 Å². The number of nitrogens with one attached hydrogen (secondary N) is 1. The Bertz CT molecular complexity index is 529. The molecule has 1 N–H and O–H groups in total. The molecule has 19 heavy (non-hydrogen) atoms. The summed E-state index contributed by atoms with van der Waals surface area (Å²) < 4.78 is 0. The first kappa shape index (κ1) is 15.6. The zero-order valence-corrected chi connectivity index (χ0v) is 12.3. The third kappa shape index (κ3) is 3.76. The van der Waals surface area contributed by atoms with Crippen molar-refractivity contribution in [3.05, 3.63) is 28.8 Å². The maximum Gasteiger partial charge on any atom is 0.248 e. The highest BCUT2D eigenvalue weighted by Gasteiger charge is 2.12. The minimum atomic E-state index is -0.175. The number of carbonyl (C=O) groups is 1. The van der Waals surface area contributed by atoms with E-state index in [0.717, 1.165) is 16.7 Å². The lowest BCUT2D eigenvalue weighted by Crippen LogP contribution is -2.28. The molecule has 0 bridgehead atoms. The van der Waals surface area contributed by atoms with E-state index < -0.39 is 0 Å². The Kier molecular flexibility index (Phi) is 5.04. The monoisotopic (exact) mass is 251 g/mol. The van der Waals surface area contributed by atoms with E-state index in [4.69, 9.17) is 15.7 Å². The van der Waals surface area contributed by atoms with Gasteiger partial charge in [-0.2, -0.15) is 0 Å². The standard InChI is InChI=1S/C15H19B2NO/c1-8(2)6-13(19)18-12-7-11(9(3)4)14(16)10(5)15(12)17/h6-7,9H,1-5H3,(H,18,19). The number of allylic oxidation sites excluding steroid dienone is 1. The second-order valence-electron chi connectivity index (χ2n) is 5.33. The predicted molar refractivity (Wildman–Crippen MR) is 84.1 cm³/mol. The summed E-state index contributed by atoms with van der Waals surface area (Å²) in [6.45, 7) is 9.73. The van der Waals surface area contributed by atoms with Crippen molar-refractivity contribution < 1.29 is 4.79 Å². The molecule has 0 saturated carbocycles. The first-order chi connectivity index (χ1) is 8.73. The van der Waals surface area contributed by atoms with Gasteiger partial charge in [-0.15, -0.1) is 0 Å². The molecule has 0 aliphatic carbocycles. The second-order valence-corrected chi connectivity index (χ2v) is 5.33. The van der Waals surface area contributed by atoms with Crippen LogP contribution in [0, 0.1) is 6.92 Å². The number of hydrogen-bond acceptors (Lipinski definition) is 1. The average Bonchev–Trinajstić information content (AvgIpc) is 2.28. The highest BCUT2D eigenvalue weighted by molar-refractivity contribution is 6.43. The Labute approximate surface area is 118 Å². The largest absolute Gasteiger partial charge is 0.323 e. The third-order valence-electron chi connectivity index (χ3n) is 3.01. The van der Waals surface area contributed by atoms with Gasteiger partial charge in [0.2, 0.25) is 5.91 Å². The number of anilines is 1. The fraction of sp³-hybridized carbons (Fsp3) is 0.400. The molecule has 0 atom stereocenters. The molecule has 1 aromatic rings. The Morgan fingerprint density at radius 3 is 2.32 bits per heavy atom. The smallest absolute Gasteiger partial charge is 0.248 e. The Morgan fingerprint density at radius 1 is 1.26 bits per heavy atom. The van der Waals surface area contributed by atoms with Crippen LogP contribution in [-0.2, 0) is 4.79 Å². The Morgan fingerprint density at radius 2 is 1.84 bits per heavy atom. The van der Waals surface area contributed by atoms with Gasteiger partial charge in [0.05, 0.1) is 0 Å². The van der Waals surface area contributed by atoms with Crippen LogP contribution >= 0.6 is 0 Å². The summed E-state index contributed by atoms with van der Waals surface area (Å²) >= 11 is 0. The van der Waals surface area contributed by atoms with Gasteiger partial charge in [-0.3, -0.25) is 4.79 Å². The molecule has 0 fully saturated rings. The van der Waals surface area contributed by atoms with E-state index in [9.17, 15) is 4.79 Å². The maximum atomic E-state index is 11.8.